The average molecular weight is 888 g/mol. The minimum atomic E-state index is -4.68. The maximum Gasteiger partial charge on any atom is 0.306 e. The zero-order chi connectivity index (χ0) is 45.9. The molecule has 12 heteroatoms. The lowest BCUT2D eigenvalue weighted by Crippen LogP contribution is -2.37. The van der Waals surface area contributed by atoms with Crippen LogP contribution in [0.2, 0.25) is 0 Å². The smallest absolute Gasteiger partial charge is 0.306 e. The Bertz CT molecular complexity index is 1580. The number of carbonyl (C=O) groups excluding carboxylic acids is 2. The first-order valence-electron chi connectivity index (χ1n) is 23.1. The minimum Gasteiger partial charge on any atom is -0.756 e. The molecule has 0 aliphatic rings. The summed E-state index contributed by atoms with van der Waals surface area (Å²) in [6, 6.07) is 0. The molecule has 0 amide bonds. The molecule has 11 nitrogen and oxygen atoms in total. The minimum absolute atomic E-state index is 0.0639. The quantitative estimate of drug-likeness (QED) is 0.0171. The third kappa shape index (κ3) is 31.5. The van der Waals surface area contributed by atoms with Gasteiger partial charge in [-0.2, -0.15) is 0 Å². The Morgan fingerprint density at radius 1 is 0.726 bits per heavy atom. The molecule has 1 aromatic rings. The van der Waals surface area contributed by atoms with Crippen molar-refractivity contribution >= 4 is 19.8 Å². The van der Waals surface area contributed by atoms with Gasteiger partial charge in [-0.25, -0.2) is 0 Å². The van der Waals surface area contributed by atoms with Crippen LogP contribution >= 0.6 is 7.82 Å². The second kappa shape index (κ2) is 35.1. The monoisotopic (exact) mass is 888 g/mol. The number of hydrogen-bond acceptors (Lipinski definition) is 10. The number of furan rings is 1. The summed E-state index contributed by atoms with van der Waals surface area (Å²) in [5.74, 6) is 1.29. The van der Waals surface area contributed by atoms with Crippen LogP contribution < -0.4 is 4.89 Å². The number of aliphatic hydroxyl groups excluding tert-OH is 1. The Hall–Kier alpha value is -3.31. The predicted octanol–water partition coefficient (Wildman–Crippen LogP) is 11.0. The van der Waals surface area contributed by atoms with Gasteiger partial charge in [0.15, 0.2) is 6.10 Å². The molecule has 0 radical (unpaired) electrons. The van der Waals surface area contributed by atoms with Gasteiger partial charge < -0.3 is 37.4 Å². The van der Waals surface area contributed by atoms with E-state index in [9.17, 15) is 24.2 Å². The molecule has 0 aliphatic heterocycles. The van der Waals surface area contributed by atoms with E-state index in [2.05, 4.69) is 45.9 Å². The molecule has 0 saturated heterocycles. The van der Waals surface area contributed by atoms with Crippen LogP contribution in [0.3, 0.4) is 0 Å². The van der Waals surface area contributed by atoms with Crippen molar-refractivity contribution in [1.29, 1.82) is 0 Å². The van der Waals surface area contributed by atoms with E-state index in [1.807, 2.05) is 69.8 Å². The molecule has 0 bridgehead atoms. The zero-order valence-corrected chi connectivity index (χ0v) is 40.3. The first kappa shape index (κ1) is 56.7. The molecule has 1 heterocycles. The van der Waals surface area contributed by atoms with Gasteiger partial charge in [0, 0.05) is 25.7 Å². The SMILES string of the molecule is CC/C=C\C/C=C\CC(O)/C=C/C=C\C/C=C\C/C=C\CCC(=O)O[C@H](COC(=O)CCCCCCCCCCc1oc(CCC)c(C)c1C)COP(=O)([O-])OCC[N+](C)(C)C. The number of esters is 2. The number of nitrogens with zero attached hydrogens (tertiary/aromatic N) is 1. The summed E-state index contributed by atoms with van der Waals surface area (Å²) >= 11 is 0. The predicted molar refractivity (Wildman–Crippen MR) is 250 cm³/mol. The summed E-state index contributed by atoms with van der Waals surface area (Å²) in [6.07, 6.45) is 38.2. The molecule has 0 spiro atoms. The lowest BCUT2D eigenvalue weighted by atomic mass is 10.0. The summed E-state index contributed by atoms with van der Waals surface area (Å²) < 4.78 is 40.0. The van der Waals surface area contributed by atoms with Crippen molar-refractivity contribution in [2.75, 3.05) is 47.5 Å². The van der Waals surface area contributed by atoms with Gasteiger partial charge in [-0.15, -0.1) is 0 Å². The first-order chi connectivity index (χ1) is 29.7. The summed E-state index contributed by atoms with van der Waals surface area (Å²) in [5, 5.41) is 10.0. The third-order valence-electron chi connectivity index (χ3n) is 10.0. The summed E-state index contributed by atoms with van der Waals surface area (Å²) in [7, 11) is 1.05. The fraction of sp³-hybridized carbons (Fsp3) is 0.640. The molecule has 1 rings (SSSR count). The van der Waals surface area contributed by atoms with Crippen LogP contribution in [0.1, 0.15) is 146 Å². The number of phosphoric acid groups is 1. The Morgan fingerprint density at radius 2 is 1.32 bits per heavy atom. The van der Waals surface area contributed by atoms with E-state index < -0.39 is 38.6 Å². The van der Waals surface area contributed by atoms with Crippen LogP contribution in [-0.2, 0) is 45.5 Å². The number of quaternary nitrogens is 1. The summed E-state index contributed by atoms with van der Waals surface area (Å²) in [5.41, 5.74) is 2.61. The molecule has 1 aromatic heterocycles. The Morgan fingerprint density at radius 3 is 1.98 bits per heavy atom. The van der Waals surface area contributed by atoms with Crippen LogP contribution in [0.15, 0.2) is 77.3 Å². The van der Waals surface area contributed by atoms with E-state index in [4.69, 9.17) is 22.9 Å². The van der Waals surface area contributed by atoms with Crippen LogP contribution in [-0.4, -0.2) is 81.2 Å². The van der Waals surface area contributed by atoms with Gasteiger partial charge in [0.1, 0.15) is 31.3 Å². The van der Waals surface area contributed by atoms with Crippen molar-refractivity contribution in [3.8, 4) is 0 Å². The number of phosphoric ester groups is 1. The molecule has 2 unspecified atom stereocenters. The number of unbranched alkanes of at least 4 members (excludes halogenated alkanes) is 7. The van der Waals surface area contributed by atoms with Crippen molar-refractivity contribution in [3.63, 3.8) is 0 Å². The fourth-order valence-corrected chi connectivity index (χ4v) is 6.89. The van der Waals surface area contributed by atoms with Gasteiger partial charge in [-0.1, -0.05) is 125 Å². The van der Waals surface area contributed by atoms with Crippen LogP contribution in [0.25, 0.3) is 0 Å². The number of likely N-dealkylation sites (N-methyl/N-ethyl adjacent to an activating group) is 1. The second-order valence-corrected chi connectivity index (χ2v) is 18.2. The van der Waals surface area contributed by atoms with E-state index >= 15 is 0 Å². The maximum atomic E-state index is 12.7. The van der Waals surface area contributed by atoms with Crippen LogP contribution in [0, 0.1) is 13.8 Å². The van der Waals surface area contributed by atoms with E-state index in [0.717, 1.165) is 82.1 Å². The molecule has 3 atom stereocenters. The topological polar surface area (TPSA) is 145 Å². The van der Waals surface area contributed by atoms with Crippen LogP contribution in [0.4, 0.5) is 0 Å². The average Bonchev–Trinajstić information content (AvgIpc) is 3.48. The van der Waals surface area contributed by atoms with E-state index in [-0.39, 0.29) is 26.1 Å². The molecular formula is C50H82NO10P. The number of rotatable bonds is 37. The number of hydrogen-bond donors (Lipinski definition) is 1. The molecule has 352 valence electrons. The number of ether oxygens (including phenoxy) is 2. The Balaban J connectivity index is 2.41. The molecule has 0 aliphatic carbocycles. The third-order valence-corrected chi connectivity index (χ3v) is 11.0. The van der Waals surface area contributed by atoms with Crippen molar-refractivity contribution < 1.29 is 51.6 Å². The van der Waals surface area contributed by atoms with Gasteiger partial charge in [0.2, 0.25) is 0 Å². The second-order valence-electron chi connectivity index (χ2n) is 16.8. The van der Waals surface area contributed by atoms with Crippen molar-refractivity contribution in [2.45, 2.75) is 162 Å². The highest BCUT2D eigenvalue weighted by Gasteiger charge is 2.21. The van der Waals surface area contributed by atoms with Crippen molar-refractivity contribution in [3.05, 3.63) is 95.6 Å². The van der Waals surface area contributed by atoms with Gasteiger partial charge in [-0.3, -0.25) is 14.2 Å². The standard InChI is InChI=1S/C50H82NO10P/c1-8-10-11-12-23-28-34-45(52)35-29-24-19-15-13-14-16-22-27-32-38-50(54)60-46(42-59-62(55,56)58-40-39-51(5,6)7)41-57-49(53)37-31-26-21-18-17-20-25-30-36-48-44(4)43(3)47(61-48)33-9-2/h10-11,13-14,19,22-24,27-29,35,45-46,52H,8-9,12,15-18,20-21,25-26,30-34,36-42H2,1-7H3/b11-10-,14-13-,24-19-,27-22-,28-23-,35-29+/t45?,46-/m1/s1. The summed E-state index contributed by atoms with van der Waals surface area (Å²) in [4.78, 5) is 37.7. The van der Waals surface area contributed by atoms with E-state index in [1.54, 1.807) is 6.08 Å². The highest BCUT2D eigenvalue weighted by molar-refractivity contribution is 7.45. The molecule has 0 fully saturated rings. The normalized spacial score (nSPS) is 14.7. The number of aryl methyl sites for hydroxylation is 2. The fourth-order valence-electron chi connectivity index (χ4n) is 6.16. The lowest BCUT2D eigenvalue weighted by molar-refractivity contribution is -0.870. The first-order valence-corrected chi connectivity index (χ1v) is 24.6. The highest BCUT2D eigenvalue weighted by Crippen LogP contribution is 2.38. The lowest BCUT2D eigenvalue weighted by Gasteiger charge is -2.28. The molecule has 1 N–H and O–H groups in total. The highest BCUT2D eigenvalue weighted by atomic mass is 31.2. The van der Waals surface area contributed by atoms with Gasteiger partial charge in [0.25, 0.3) is 7.82 Å². The summed E-state index contributed by atoms with van der Waals surface area (Å²) in [6.45, 7) is 8.14. The zero-order valence-electron chi connectivity index (χ0n) is 39.4. The van der Waals surface area contributed by atoms with Gasteiger partial charge >= 0.3 is 11.9 Å². The van der Waals surface area contributed by atoms with Crippen molar-refractivity contribution in [2.24, 2.45) is 0 Å². The van der Waals surface area contributed by atoms with E-state index in [0.29, 0.717) is 36.7 Å². The number of allylic oxidation sites excluding steroid dienone is 10. The number of carbonyl (C=O) groups is 2. The number of aliphatic hydroxyl groups is 1. The van der Waals surface area contributed by atoms with E-state index in [1.165, 1.54) is 24.0 Å². The molecular weight excluding hydrogens is 806 g/mol. The molecule has 0 aromatic carbocycles. The van der Waals surface area contributed by atoms with Crippen LogP contribution in [0.5, 0.6) is 0 Å². The Kier molecular flexibility index (Phi) is 32.1. The largest absolute Gasteiger partial charge is 0.756 e. The maximum absolute atomic E-state index is 12.7. The molecule has 0 saturated carbocycles. The van der Waals surface area contributed by atoms with Crippen molar-refractivity contribution in [1.82, 2.24) is 0 Å². The van der Waals surface area contributed by atoms with Gasteiger partial charge in [-0.05, 0) is 82.8 Å². The Labute approximate surface area is 375 Å². The van der Waals surface area contributed by atoms with Gasteiger partial charge in [0.05, 0.1) is 33.9 Å². The molecule has 62 heavy (non-hydrogen) atoms.